The van der Waals surface area contributed by atoms with Gasteiger partial charge >= 0.3 is 0 Å². The molecule has 3 atom stereocenters. The summed E-state index contributed by atoms with van der Waals surface area (Å²) in [5.74, 6) is 2.48. The van der Waals surface area contributed by atoms with E-state index in [1.165, 1.54) is 0 Å². The summed E-state index contributed by atoms with van der Waals surface area (Å²) in [7, 11) is 0. The molecule has 1 aliphatic rings. The molecule has 1 aliphatic heterocycles. The fourth-order valence-electron chi connectivity index (χ4n) is 1.21. The van der Waals surface area contributed by atoms with E-state index in [1.807, 2.05) is 6.08 Å². The third-order valence-electron chi connectivity index (χ3n) is 1.89. The van der Waals surface area contributed by atoms with Crippen LogP contribution in [-0.2, 0) is 9.47 Å². The van der Waals surface area contributed by atoms with Gasteiger partial charge < -0.3 is 14.6 Å². The largest absolute Gasteiger partial charge is 0.393 e. The molecule has 0 radical (unpaired) electrons. The first-order chi connectivity index (χ1) is 6.81. The lowest BCUT2D eigenvalue weighted by atomic mass is 10.1. The Labute approximate surface area is 84.0 Å². The van der Waals surface area contributed by atoms with E-state index in [-0.39, 0.29) is 18.8 Å². The van der Waals surface area contributed by atoms with Crippen molar-refractivity contribution in [2.45, 2.75) is 18.3 Å². The molecule has 14 heavy (non-hydrogen) atoms. The van der Waals surface area contributed by atoms with Gasteiger partial charge in [0.15, 0.2) is 0 Å². The van der Waals surface area contributed by atoms with Crippen molar-refractivity contribution in [2.75, 3.05) is 13.2 Å². The van der Waals surface area contributed by atoms with Crippen molar-refractivity contribution in [3.63, 3.8) is 0 Å². The molecule has 0 fully saturated rings. The molecule has 0 aromatic rings. The maximum absolute atomic E-state index is 8.86. The average Bonchev–Trinajstić information content (AvgIpc) is 2.26. The minimum atomic E-state index is -0.433. The van der Waals surface area contributed by atoms with Crippen LogP contribution in [0.5, 0.6) is 0 Å². The lowest BCUT2D eigenvalue weighted by Crippen LogP contribution is -2.37. The Morgan fingerprint density at radius 1 is 1.64 bits per heavy atom. The van der Waals surface area contributed by atoms with Gasteiger partial charge in [0, 0.05) is 0 Å². The van der Waals surface area contributed by atoms with Crippen LogP contribution in [-0.4, -0.2) is 36.6 Å². The van der Waals surface area contributed by atoms with Gasteiger partial charge in [0.1, 0.15) is 18.3 Å². The maximum Gasteiger partial charge on any atom is 0.148 e. The summed E-state index contributed by atoms with van der Waals surface area (Å²) in [6, 6.07) is 0. The summed E-state index contributed by atoms with van der Waals surface area (Å²) >= 11 is 0. The van der Waals surface area contributed by atoms with Crippen LogP contribution in [0.15, 0.2) is 24.8 Å². The second-order valence-corrected chi connectivity index (χ2v) is 2.92. The Bertz CT molecular complexity index is 252. The van der Waals surface area contributed by atoms with Gasteiger partial charge in [-0.15, -0.1) is 13.0 Å². The summed E-state index contributed by atoms with van der Waals surface area (Å²) in [5.41, 5.74) is 0. The second kappa shape index (κ2) is 5.61. The fourth-order valence-corrected chi connectivity index (χ4v) is 1.21. The SMILES string of the molecule is C#C[C@H]1O[C@H](CO)C=C[C@H]1OCC=C. The molecule has 76 valence electrons. The van der Waals surface area contributed by atoms with Crippen molar-refractivity contribution in [1.82, 2.24) is 0 Å². The van der Waals surface area contributed by atoms with E-state index in [2.05, 4.69) is 12.5 Å². The van der Waals surface area contributed by atoms with Crippen LogP contribution in [0.25, 0.3) is 0 Å². The van der Waals surface area contributed by atoms with Gasteiger partial charge in [0.25, 0.3) is 0 Å². The van der Waals surface area contributed by atoms with E-state index in [9.17, 15) is 0 Å². The molecule has 0 aromatic heterocycles. The summed E-state index contributed by atoms with van der Waals surface area (Å²) in [6.45, 7) is 3.91. The first kappa shape index (κ1) is 11.0. The molecule has 0 spiro atoms. The molecule has 0 unspecified atom stereocenters. The molecule has 0 aromatic carbocycles. The molecule has 0 amide bonds. The predicted molar refractivity (Wildman–Crippen MR) is 53.7 cm³/mol. The predicted octanol–water partition coefficient (Wildman–Crippen LogP) is 0.507. The Hall–Kier alpha value is -1.08. The second-order valence-electron chi connectivity index (χ2n) is 2.92. The van der Waals surface area contributed by atoms with E-state index < -0.39 is 6.10 Å². The summed E-state index contributed by atoms with van der Waals surface area (Å²) < 4.78 is 10.7. The van der Waals surface area contributed by atoms with Crippen molar-refractivity contribution in [2.24, 2.45) is 0 Å². The zero-order valence-corrected chi connectivity index (χ0v) is 7.93. The van der Waals surface area contributed by atoms with Crippen LogP contribution in [0, 0.1) is 12.3 Å². The Morgan fingerprint density at radius 2 is 2.43 bits per heavy atom. The van der Waals surface area contributed by atoms with Crippen LogP contribution < -0.4 is 0 Å². The molecule has 1 N–H and O–H groups in total. The lowest BCUT2D eigenvalue weighted by Gasteiger charge is -2.27. The number of hydrogen-bond donors (Lipinski definition) is 1. The number of terminal acetylenes is 1. The maximum atomic E-state index is 8.86. The van der Waals surface area contributed by atoms with Crippen molar-refractivity contribution in [1.29, 1.82) is 0 Å². The third-order valence-corrected chi connectivity index (χ3v) is 1.89. The molecular formula is C11H14O3. The highest BCUT2D eigenvalue weighted by molar-refractivity contribution is 5.12. The summed E-state index contributed by atoms with van der Waals surface area (Å²) in [4.78, 5) is 0. The fraction of sp³-hybridized carbons (Fsp3) is 0.455. The minimum Gasteiger partial charge on any atom is -0.393 e. The lowest BCUT2D eigenvalue weighted by molar-refractivity contribution is -0.0627. The normalized spacial score (nSPS) is 31.0. The number of rotatable bonds is 4. The third kappa shape index (κ3) is 2.71. The Kier molecular flexibility index (Phi) is 4.41. The molecule has 0 bridgehead atoms. The van der Waals surface area contributed by atoms with Crippen molar-refractivity contribution < 1.29 is 14.6 Å². The summed E-state index contributed by atoms with van der Waals surface area (Å²) in [5, 5.41) is 8.86. The van der Waals surface area contributed by atoms with Gasteiger partial charge in [-0.1, -0.05) is 24.1 Å². The molecule has 0 saturated heterocycles. The molecular weight excluding hydrogens is 180 g/mol. The van der Waals surface area contributed by atoms with E-state index in [0.29, 0.717) is 6.61 Å². The highest BCUT2D eigenvalue weighted by atomic mass is 16.6. The zero-order chi connectivity index (χ0) is 10.4. The van der Waals surface area contributed by atoms with Gasteiger partial charge in [0.05, 0.1) is 13.2 Å². The summed E-state index contributed by atoms with van der Waals surface area (Å²) in [6.07, 6.45) is 9.51. The zero-order valence-electron chi connectivity index (χ0n) is 7.93. The van der Waals surface area contributed by atoms with Crippen LogP contribution in [0.2, 0.25) is 0 Å². The highest BCUT2D eigenvalue weighted by Crippen LogP contribution is 2.15. The smallest absolute Gasteiger partial charge is 0.148 e. The number of hydrogen-bond acceptors (Lipinski definition) is 3. The number of aliphatic hydroxyl groups excluding tert-OH is 1. The van der Waals surface area contributed by atoms with E-state index in [4.69, 9.17) is 21.0 Å². The van der Waals surface area contributed by atoms with Gasteiger partial charge in [-0.05, 0) is 0 Å². The Morgan fingerprint density at radius 3 is 3.00 bits per heavy atom. The van der Waals surface area contributed by atoms with Crippen LogP contribution in [0.4, 0.5) is 0 Å². The van der Waals surface area contributed by atoms with E-state index in [0.717, 1.165) is 0 Å². The van der Waals surface area contributed by atoms with Crippen molar-refractivity contribution >= 4 is 0 Å². The van der Waals surface area contributed by atoms with Crippen LogP contribution in [0.3, 0.4) is 0 Å². The molecule has 1 rings (SSSR count). The first-order valence-corrected chi connectivity index (χ1v) is 4.45. The number of ether oxygens (including phenoxy) is 2. The van der Waals surface area contributed by atoms with E-state index >= 15 is 0 Å². The molecule has 1 heterocycles. The molecule has 3 nitrogen and oxygen atoms in total. The van der Waals surface area contributed by atoms with Gasteiger partial charge in [-0.2, -0.15) is 0 Å². The van der Waals surface area contributed by atoms with Crippen molar-refractivity contribution in [3.05, 3.63) is 24.8 Å². The van der Waals surface area contributed by atoms with Crippen LogP contribution >= 0.6 is 0 Å². The monoisotopic (exact) mass is 194 g/mol. The first-order valence-electron chi connectivity index (χ1n) is 4.45. The van der Waals surface area contributed by atoms with Gasteiger partial charge in [-0.25, -0.2) is 0 Å². The van der Waals surface area contributed by atoms with Gasteiger partial charge in [-0.3, -0.25) is 0 Å². The highest BCUT2D eigenvalue weighted by Gasteiger charge is 2.25. The standard InChI is InChI=1S/C11H14O3/c1-3-7-13-11-6-5-9(8-12)14-10(11)4-2/h2-3,5-6,9-12H,1,7-8H2/t9-,10+,11+/m0/s1. The quantitative estimate of drug-likeness (QED) is 0.523. The topological polar surface area (TPSA) is 38.7 Å². The molecule has 3 heteroatoms. The van der Waals surface area contributed by atoms with E-state index in [1.54, 1.807) is 12.2 Å². The van der Waals surface area contributed by atoms with Crippen LogP contribution in [0.1, 0.15) is 0 Å². The minimum absolute atomic E-state index is 0.0666. The van der Waals surface area contributed by atoms with Crippen molar-refractivity contribution in [3.8, 4) is 12.3 Å². The number of aliphatic hydroxyl groups is 1. The van der Waals surface area contributed by atoms with Gasteiger partial charge in [0.2, 0.25) is 0 Å². The molecule has 0 saturated carbocycles. The molecule has 0 aliphatic carbocycles. The average molecular weight is 194 g/mol. The Balaban J connectivity index is 2.57.